The maximum atomic E-state index is 12.3. The Hall–Kier alpha value is -3.72. The Morgan fingerprint density at radius 3 is 2.50 bits per heavy atom. The van der Waals surface area contributed by atoms with Crippen molar-refractivity contribution in [2.75, 3.05) is 11.1 Å². The number of hydrogen-bond acceptors (Lipinski definition) is 7. The first-order valence-corrected chi connectivity index (χ1v) is 10.1. The molecule has 0 aliphatic carbocycles. The Bertz CT molecular complexity index is 1110. The predicted molar refractivity (Wildman–Crippen MR) is 114 cm³/mol. The fourth-order valence-electron chi connectivity index (χ4n) is 2.58. The van der Waals surface area contributed by atoms with Crippen LogP contribution >= 0.6 is 11.8 Å². The first-order valence-electron chi connectivity index (χ1n) is 9.16. The summed E-state index contributed by atoms with van der Waals surface area (Å²) in [7, 11) is 0. The van der Waals surface area contributed by atoms with Crippen LogP contribution in [0.25, 0.3) is 0 Å². The molecule has 0 fully saturated rings. The molecule has 0 radical (unpaired) electrons. The summed E-state index contributed by atoms with van der Waals surface area (Å²) in [6.07, 6.45) is 3.24. The summed E-state index contributed by atoms with van der Waals surface area (Å²) in [5.74, 6) is 0.878. The van der Waals surface area contributed by atoms with Gasteiger partial charge in [-0.15, -0.1) is 10.2 Å². The van der Waals surface area contributed by atoms with Gasteiger partial charge in [-0.3, -0.25) is 4.79 Å². The van der Waals surface area contributed by atoms with Gasteiger partial charge in [-0.05, 0) is 48.5 Å². The van der Waals surface area contributed by atoms with E-state index in [0.29, 0.717) is 23.1 Å². The first kappa shape index (κ1) is 19.6. The second-order valence-electron chi connectivity index (χ2n) is 6.24. The van der Waals surface area contributed by atoms with Gasteiger partial charge >= 0.3 is 0 Å². The number of amides is 1. The van der Waals surface area contributed by atoms with Crippen molar-refractivity contribution in [3.8, 4) is 0 Å². The molecule has 2 aromatic carbocycles. The lowest BCUT2D eigenvalue weighted by Crippen LogP contribution is -2.14. The highest BCUT2D eigenvalue weighted by molar-refractivity contribution is 7.99. The van der Waals surface area contributed by atoms with Crippen molar-refractivity contribution in [3.63, 3.8) is 0 Å². The zero-order chi connectivity index (χ0) is 20.6. The molecule has 4 rings (SSSR count). The molecule has 30 heavy (non-hydrogen) atoms. The van der Waals surface area contributed by atoms with Crippen LogP contribution in [-0.2, 0) is 11.3 Å². The van der Waals surface area contributed by atoms with Gasteiger partial charge in [0.05, 0.1) is 29.9 Å². The van der Waals surface area contributed by atoms with Gasteiger partial charge in [0.15, 0.2) is 5.16 Å². The predicted octanol–water partition coefficient (Wildman–Crippen LogP) is 5.07. The minimum absolute atomic E-state index is 0.133. The number of nitrogens with one attached hydrogen (secondary N) is 1. The molecule has 0 spiro atoms. The molecule has 9 heteroatoms. The SMILES string of the molecule is O=C(CSc1nncn1Cc1ccco1)Nc1ccc(N=Nc2ccccc2)cc1. The summed E-state index contributed by atoms with van der Waals surface area (Å²) < 4.78 is 7.18. The lowest BCUT2D eigenvalue weighted by molar-refractivity contribution is -0.113. The van der Waals surface area contributed by atoms with Crippen LogP contribution in [0.4, 0.5) is 17.1 Å². The quantitative estimate of drug-likeness (QED) is 0.318. The van der Waals surface area contributed by atoms with Gasteiger partial charge < -0.3 is 14.3 Å². The number of carbonyl (C=O) groups is 1. The minimum atomic E-state index is -0.133. The van der Waals surface area contributed by atoms with Crippen LogP contribution in [-0.4, -0.2) is 26.4 Å². The summed E-state index contributed by atoms with van der Waals surface area (Å²) in [5, 5.41) is 19.9. The maximum absolute atomic E-state index is 12.3. The average Bonchev–Trinajstić information content (AvgIpc) is 3.45. The molecule has 8 nitrogen and oxygen atoms in total. The van der Waals surface area contributed by atoms with Gasteiger partial charge in [0, 0.05) is 5.69 Å². The smallest absolute Gasteiger partial charge is 0.234 e. The van der Waals surface area contributed by atoms with Crippen molar-refractivity contribution in [1.29, 1.82) is 0 Å². The molecule has 0 bridgehead atoms. The Morgan fingerprint density at radius 2 is 1.77 bits per heavy atom. The van der Waals surface area contributed by atoms with Crippen LogP contribution in [0.5, 0.6) is 0 Å². The Balaban J connectivity index is 1.28. The Morgan fingerprint density at radius 1 is 1.00 bits per heavy atom. The number of furan rings is 1. The molecule has 4 aromatic rings. The van der Waals surface area contributed by atoms with Crippen LogP contribution in [0.2, 0.25) is 0 Å². The summed E-state index contributed by atoms with van der Waals surface area (Å²) in [5.41, 5.74) is 2.18. The summed E-state index contributed by atoms with van der Waals surface area (Å²) in [4.78, 5) is 12.3. The number of rotatable bonds is 8. The van der Waals surface area contributed by atoms with E-state index in [0.717, 1.165) is 11.4 Å². The van der Waals surface area contributed by atoms with Crippen molar-refractivity contribution in [2.24, 2.45) is 10.2 Å². The van der Waals surface area contributed by atoms with Crippen molar-refractivity contribution >= 4 is 34.7 Å². The molecule has 0 atom stereocenters. The molecule has 0 aliphatic rings. The fourth-order valence-corrected chi connectivity index (χ4v) is 3.30. The van der Waals surface area contributed by atoms with Crippen LogP contribution in [0, 0.1) is 0 Å². The van der Waals surface area contributed by atoms with E-state index in [9.17, 15) is 4.79 Å². The number of aromatic nitrogens is 3. The standard InChI is InChI=1S/C21H18N6O2S/c28-20(14-30-21-26-22-15-27(21)13-19-7-4-12-29-19)23-16-8-10-18(11-9-16)25-24-17-5-2-1-3-6-17/h1-12,15H,13-14H2,(H,23,28). The second-order valence-corrected chi connectivity index (χ2v) is 7.18. The van der Waals surface area contributed by atoms with E-state index in [1.54, 1.807) is 36.9 Å². The van der Waals surface area contributed by atoms with Gasteiger partial charge in [-0.1, -0.05) is 30.0 Å². The molecular weight excluding hydrogens is 400 g/mol. The molecule has 1 N–H and O–H groups in total. The molecule has 150 valence electrons. The zero-order valence-electron chi connectivity index (χ0n) is 15.9. The Kier molecular flexibility index (Phi) is 6.31. The molecule has 1 amide bonds. The van der Waals surface area contributed by atoms with E-state index in [2.05, 4.69) is 25.7 Å². The number of azo groups is 1. The topological polar surface area (TPSA) is 97.7 Å². The van der Waals surface area contributed by atoms with Gasteiger partial charge in [-0.25, -0.2) is 0 Å². The van der Waals surface area contributed by atoms with E-state index in [1.807, 2.05) is 47.0 Å². The molecule has 0 unspecified atom stereocenters. The number of anilines is 1. The highest BCUT2D eigenvalue weighted by Gasteiger charge is 2.10. The average molecular weight is 418 g/mol. The first-order chi connectivity index (χ1) is 14.8. The van der Waals surface area contributed by atoms with Crippen LogP contribution in [0.1, 0.15) is 5.76 Å². The summed E-state index contributed by atoms with van der Waals surface area (Å²) in [6, 6.07) is 20.4. The van der Waals surface area contributed by atoms with Crippen LogP contribution in [0.15, 0.2) is 99.1 Å². The molecular formula is C21H18N6O2S. The van der Waals surface area contributed by atoms with E-state index in [1.165, 1.54) is 11.8 Å². The van der Waals surface area contributed by atoms with Gasteiger partial charge in [0.2, 0.25) is 5.91 Å². The van der Waals surface area contributed by atoms with Gasteiger partial charge in [-0.2, -0.15) is 10.2 Å². The highest BCUT2D eigenvalue weighted by atomic mass is 32.2. The summed E-state index contributed by atoms with van der Waals surface area (Å²) in [6.45, 7) is 0.517. The molecule has 2 heterocycles. The molecule has 0 saturated carbocycles. The number of hydrogen-bond donors (Lipinski definition) is 1. The molecule has 0 aliphatic heterocycles. The largest absolute Gasteiger partial charge is 0.467 e. The zero-order valence-corrected chi connectivity index (χ0v) is 16.7. The van der Waals surface area contributed by atoms with Crippen molar-refractivity contribution in [3.05, 3.63) is 85.1 Å². The molecule has 0 saturated heterocycles. The van der Waals surface area contributed by atoms with E-state index < -0.39 is 0 Å². The normalized spacial score (nSPS) is 11.1. The number of thioether (sulfide) groups is 1. The van der Waals surface area contributed by atoms with Crippen molar-refractivity contribution in [2.45, 2.75) is 11.7 Å². The monoisotopic (exact) mass is 418 g/mol. The lowest BCUT2D eigenvalue weighted by atomic mass is 10.3. The highest BCUT2D eigenvalue weighted by Crippen LogP contribution is 2.21. The minimum Gasteiger partial charge on any atom is -0.467 e. The van der Waals surface area contributed by atoms with E-state index >= 15 is 0 Å². The third kappa shape index (κ3) is 5.42. The third-order valence-electron chi connectivity index (χ3n) is 4.01. The maximum Gasteiger partial charge on any atom is 0.234 e. The number of nitrogens with zero attached hydrogens (tertiary/aromatic N) is 5. The Labute approximate surface area is 177 Å². The van der Waals surface area contributed by atoms with E-state index in [-0.39, 0.29) is 11.7 Å². The lowest BCUT2D eigenvalue weighted by Gasteiger charge is -2.06. The second kappa shape index (κ2) is 9.66. The van der Waals surface area contributed by atoms with E-state index in [4.69, 9.17) is 4.42 Å². The van der Waals surface area contributed by atoms with Crippen LogP contribution < -0.4 is 5.32 Å². The van der Waals surface area contributed by atoms with Crippen LogP contribution in [0.3, 0.4) is 0 Å². The summed E-state index contributed by atoms with van der Waals surface area (Å²) >= 11 is 1.31. The van der Waals surface area contributed by atoms with Gasteiger partial charge in [0.25, 0.3) is 0 Å². The van der Waals surface area contributed by atoms with Gasteiger partial charge in [0.1, 0.15) is 12.1 Å². The molecule has 2 aromatic heterocycles. The van der Waals surface area contributed by atoms with Crippen molar-refractivity contribution in [1.82, 2.24) is 14.8 Å². The number of benzene rings is 2. The third-order valence-corrected chi connectivity index (χ3v) is 4.99. The van der Waals surface area contributed by atoms with Crippen molar-refractivity contribution < 1.29 is 9.21 Å². The number of carbonyl (C=O) groups excluding carboxylic acids is 1. The fraction of sp³-hybridized carbons (Fsp3) is 0.0952.